The first-order chi connectivity index (χ1) is 9.44. The van der Waals surface area contributed by atoms with Crippen LogP contribution < -0.4 is 0 Å². The highest BCUT2D eigenvalue weighted by molar-refractivity contribution is 7.93. The van der Waals surface area contributed by atoms with Crippen molar-refractivity contribution >= 4 is 27.9 Å². The van der Waals surface area contributed by atoms with Crippen LogP contribution in [0.1, 0.15) is 0 Å². The highest BCUT2D eigenvalue weighted by Gasteiger charge is 2.57. The van der Waals surface area contributed by atoms with Crippen LogP contribution in [-0.2, 0) is 33.3 Å². The summed E-state index contributed by atoms with van der Waals surface area (Å²) in [7, 11) is -17.3. The molecule has 0 amide bonds. The van der Waals surface area contributed by atoms with Crippen LogP contribution in [0.3, 0.4) is 0 Å². The minimum atomic E-state index is -6.45. The number of hydrogen-bond acceptors (Lipinski definition) is 9. The van der Waals surface area contributed by atoms with Gasteiger partial charge in [-0.25, -0.2) is 16.8 Å². The molecular weight excluding hydrogens is 401 g/mol. The van der Waals surface area contributed by atoms with Crippen LogP contribution in [0.15, 0.2) is 0 Å². The van der Waals surface area contributed by atoms with E-state index in [4.69, 9.17) is 10.2 Å². The van der Waals surface area contributed by atoms with Crippen LogP contribution in [0.25, 0.3) is 0 Å². The Bertz CT molecular complexity index is 565. The number of halogens is 6. The van der Waals surface area contributed by atoms with Crippen molar-refractivity contribution < 1.29 is 67.0 Å². The lowest BCUT2D eigenvalue weighted by atomic mass is 11.5. The maximum absolute atomic E-state index is 11.9. The van der Waals surface area contributed by atoms with Crippen LogP contribution in [0.5, 0.6) is 0 Å². The second kappa shape index (κ2) is 6.50. The van der Waals surface area contributed by atoms with E-state index in [1.165, 1.54) is 0 Å². The number of hydrogen-bond donors (Lipinski definition) is 2. The zero-order chi connectivity index (χ0) is 18.1. The van der Waals surface area contributed by atoms with E-state index in [0.717, 1.165) is 0 Å². The fraction of sp³-hybridized carbons (Fsp3) is 1.00. The molecule has 0 bridgehead atoms. The maximum atomic E-state index is 11.9. The molecule has 2 unspecified atom stereocenters. The smallest absolute Gasteiger partial charge is 0.352 e. The summed E-state index contributed by atoms with van der Waals surface area (Å²) in [5, 5.41) is 17.0. The van der Waals surface area contributed by atoms with Crippen LogP contribution in [-0.4, -0.2) is 49.3 Å². The molecule has 0 aliphatic rings. The van der Waals surface area contributed by atoms with Crippen molar-refractivity contribution in [3.8, 4) is 0 Å². The lowest BCUT2D eigenvalue weighted by Gasteiger charge is -2.10. The van der Waals surface area contributed by atoms with Crippen molar-refractivity contribution in [3.63, 3.8) is 0 Å². The highest BCUT2D eigenvalue weighted by atomic mass is 32.2. The molecule has 18 heteroatoms. The Balaban J connectivity index is 5.01. The Kier molecular flexibility index (Phi) is 6.33. The molecule has 0 aliphatic carbocycles. The fourth-order valence-electron chi connectivity index (χ4n) is 0.514. The molecule has 0 fully saturated rings. The minimum absolute atomic E-state index is 3.16. The van der Waals surface area contributed by atoms with Gasteiger partial charge in [-0.3, -0.25) is 0 Å². The van der Waals surface area contributed by atoms with Crippen LogP contribution in [0, 0.1) is 0 Å². The number of aliphatic hydroxyl groups is 2. The monoisotopic (exact) mass is 405 g/mol. The van der Waals surface area contributed by atoms with E-state index in [2.05, 4.69) is 9.05 Å². The average molecular weight is 405 g/mol. The third kappa shape index (κ3) is 4.71. The normalized spacial score (nSPS) is 17.9. The summed E-state index contributed by atoms with van der Waals surface area (Å²) in [4.78, 5) is 0. The molecule has 0 aromatic rings. The predicted molar refractivity (Wildman–Crippen MR) is 51.7 cm³/mol. The molecule has 0 saturated carbocycles. The van der Waals surface area contributed by atoms with Gasteiger partial charge in [0.25, 0.3) is 0 Å². The number of aliphatic hydroxyl groups excluding tert-OH is 2. The molecule has 0 rings (SSSR count). The van der Waals surface area contributed by atoms with Gasteiger partial charge in [0, 0.05) is 4.57 Å². The molecule has 22 heavy (non-hydrogen) atoms. The summed E-state index contributed by atoms with van der Waals surface area (Å²) in [5.74, 6) is 0. The maximum Gasteiger partial charge on any atom is 0.705 e. The summed E-state index contributed by atoms with van der Waals surface area (Å²) < 4.78 is 130. The fourth-order valence-corrected chi connectivity index (χ4v) is 2.64. The molecular formula is C4H4F6O9PS2+. The van der Waals surface area contributed by atoms with E-state index in [1.54, 1.807) is 0 Å². The SMILES string of the molecule is O=[P+](OC(O)S(=O)(=O)C(F)(F)F)OC(O)S(=O)(=O)C(F)(F)F. The molecule has 0 aliphatic heterocycles. The molecule has 132 valence electrons. The quantitative estimate of drug-likeness (QED) is 0.357. The summed E-state index contributed by atoms with van der Waals surface area (Å²) >= 11 is 0. The first-order valence-corrected chi connectivity index (χ1v) is 8.40. The van der Waals surface area contributed by atoms with Crippen molar-refractivity contribution in [1.29, 1.82) is 0 Å². The van der Waals surface area contributed by atoms with Gasteiger partial charge in [0.15, 0.2) is 0 Å². The van der Waals surface area contributed by atoms with Crippen molar-refractivity contribution in [2.75, 3.05) is 0 Å². The van der Waals surface area contributed by atoms with Gasteiger partial charge in [0.1, 0.15) is 0 Å². The van der Waals surface area contributed by atoms with Gasteiger partial charge in [-0.05, 0) is 0 Å². The van der Waals surface area contributed by atoms with E-state index in [9.17, 15) is 47.7 Å². The van der Waals surface area contributed by atoms with E-state index in [0.29, 0.717) is 0 Å². The van der Waals surface area contributed by atoms with Gasteiger partial charge in [-0.15, -0.1) is 0 Å². The Morgan fingerprint density at radius 3 is 1.18 bits per heavy atom. The average Bonchev–Trinajstić information content (AvgIpc) is 2.25. The molecule has 9 nitrogen and oxygen atoms in total. The van der Waals surface area contributed by atoms with Crippen LogP contribution in [0.4, 0.5) is 26.3 Å². The lowest BCUT2D eigenvalue weighted by Crippen LogP contribution is -2.36. The molecule has 0 heterocycles. The first kappa shape index (κ1) is 21.4. The zero-order valence-corrected chi connectivity index (χ0v) is 12.0. The van der Waals surface area contributed by atoms with Crippen LogP contribution in [0.2, 0.25) is 0 Å². The zero-order valence-electron chi connectivity index (χ0n) is 9.44. The number of sulfone groups is 2. The second-order valence-electron chi connectivity index (χ2n) is 3.03. The Morgan fingerprint density at radius 1 is 0.773 bits per heavy atom. The van der Waals surface area contributed by atoms with Gasteiger partial charge >= 0.3 is 50.2 Å². The molecule has 0 aromatic carbocycles. The lowest BCUT2D eigenvalue weighted by molar-refractivity contribution is -0.0633. The van der Waals surface area contributed by atoms with Crippen molar-refractivity contribution in [2.24, 2.45) is 0 Å². The summed E-state index contributed by atoms with van der Waals surface area (Å²) in [6, 6.07) is 0. The number of alkyl halides is 6. The van der Waals surface area contributed by atoms with E-state index in [-0.39, 0.29) is 0 Å². The molecule has 2 atom stereocenters. The third-order valence-electron chi connectivity index (χ3n) is 1.53. The van der Waals surface area contributed by atoms with Crippen molar-refractivity contribution in [2.45, 2.75) is 22.3 Å². The first-order valence-electron chi connectivity index (χ1n) is 4.22. The highest BCUT2D eigenvalue weighted by Crippen LogP contribution is 2.36. The Morgan fingerprint density at radius 2 is 1.00 bits per heavy atom. The molecule has 0 spiro atoms. The summed E-state index contributed by atoms with van der Waals surface area (Å²) in [5.41, 5.74) is -20.0. The predicted octanol–water partition coefficient (Wildman–Crippen LogP) is 0.0980. The summed E-state index contributed by atoms with van der Waals surface area (Å²) in [6.45, 7) is 0. The van der Waals surface area contributed by atoms with Gasteiger partial charge in [-0.2, -0.15) is 26.3 Å². The Labute approximate surface area is 118 Å². The molecule has 0 radical (unpaired) electrons. The van der Waals surface area contributed by atoms with Gasteiger partial charge in [0.2, 0.25) is 0 Å². The van der Waals surface area contributed by atoms with E-state index in [1.807, 2.05) is 0 Å². The topological polar surface area (TPSA) is 144 Å². The van der Waals surface area contributed by atoms with E-state index < -0.39 is 50.2 Å². The minimum Gasteiger partial charge on any atom is -0.352 e. The molecule has 0 aromatic heterocycles. The van der Waals surface area contributed by atoms with Gasteiger partial charge in [0.05, 0.1) is 0 Å². The van der Waals surface area contributed by atoms with Gasteiger partial charge < -0.3 is 10.2 Å². The molecule has 0 saturated heterocycles. The standard InChI is InChI=1S/C4H4F6O9PS2/c5-3(6,7)21(14,15)1(11)18-20(13)19-2(12)22(16,17)4(8,9)10/h1-2,11-12H/q+1. The van der Waals surface area contributed by atoms with Gasteiger partial charge in [-0.1, -0.05) is 9.05 Å². The van der Waals surface area contributed by atoms with Crippen molar-refractivity contribution in [1.82, 2.24) is 0 Å². The number of rotatable bonds is 6. The Hall–Kier alpha value is -0.580. The molecule has 2 N–H and O–H groups in total. The van der Waals surface area contributed by atoms with Crippen LogP contribution >= 0.6 is 8.25 Å². The van der Waals surface area contributed by atoms with Crippen molar-refractivity contribution in [3.05, 3.63) is 0 Å². The third-order valence-corrected chi connectivity index (χ3v) is 5.10. The largest absolute Gasteiger partial charge is 0.705 e. The summed E-state index contributed by atoms with van der Waals surface area (Å²) in [6.07, 6.45) is 0. The van der Waals surface area contributed by atoms with E-state index >= 15 is 0 Å². The second-order valence-corrected chi connectivity index (χ2v) is 7.81.